The van der Waals surface area contributed by atoms with Gasteiger partial charge in [-0.3, -0.25) is 19.1 Å². The molecule has 242 valence electrons. The highest BCUT2D eigenvalue weighted by Gasteiger charge is 2.20. The van der Waals surface area contributed by atoms with Crippen molar-refractivity contribution in [1.29, 1.82) is 0 Å². The van der Waals surface area contributed by atoms with E-state index in [1.54, 1.807) is 18.4 Å². The van der Waals surface area contributed by atoms with Gasteiger partial charge in [-0.1, -0.05) is 65.3 Å². The molecule has 3 aromatic rings. The number of nitrogen functional groups attached to an aromatic ring is 1. The van der Waals surface area contributed by atoms with Gasteiger partial charge in [-0.15, -0.1) is 0 Å². The lowest BCUT2D eigenvalue weighted by Gasteiger charge is -2.32. The molecule has 44 heavy (non-hydrogen) atoms. The smallest absolute Gasteiger partial charge is 0.328 e. The molecule has 1 aliphatic heterocycles. The molecule has 0 radical (unpaired) electrons. The molecule has 1 amide bonds. The summed E-state index contributed by atoms with van der Waals surface area (Å²) < 4.78 is 7.20. The standard InChI is InChI=1S/C28H41N7O3.C4H8O2/c1-4-5-16-38-27-32-24(29)23-25(33-27)35(28(37)31-23)18-22-8-6-21(7-9-22)17-34-14-11-20(12-15-34)10-13-30-26(36)19(2)3;1-3(2)4(5)6/h6-9,19-20H,4-5,10-18H2,1-3H3,(H,30,36)(H,31,37)(H2,29,32,33);3H,1-2H3,(H,5,6). The zero-order chi connectivity index (χ0) is 32.2. The van der Waals surface area contributed by atoms with Crippen molar-refractivity contribution in [3.8, 4) is 6.01 Å². The number of carbonyl (C=O) groups excluding carboxylic acids is 1. The molecule has 1 saturated heterocycles. The fourth-order valence-corrected chi connectivity index (χ4v) is 4.78. The second-order valence-electron chi connectivity index (χ2n) is 12.1. The third-order valence-electron chi connectivity index (χ3n) is 7.71. The third-order valence-corrected chi connectivity index (χ3v) is 7.71. The van der Waals surface area contributed by atoms with Gasteiger partial charge < -0.3 is 25.9 Å². The zero-order valence-corrected chi connectivity index (χ0v) is 26.8. The van der Waals surface area contributed by atoms with Crippen LogP contribution in [0.3, 0.4) is 0 Å². The van der Waals surface area contributed by atoms with Gasteiger partial charge in [0.1, 0.15) is 5.52 Å². The fraction of sp³-hybridized carbons (Fsp3) is 0.594. The number of rotatable bonds is 13. The molecule has 12 heteroatoms. The van der Waals surface area contributed by atoms with E-state index in [1.165, 1.54) is 5.56 Å². The number of nitrogens with one attached hydrogen (secondary N) is 2. The van der Waals surface area contributed by atoms with Crippen molar-refractivity contribution < 1.29 is 19.4 Å². The fourth-order valence-electron chi connectivity index (χ4n) is 4.78. The number of imidazole rings is 1. The van der Waals surface area contributed by atoms with Crippen LogP contribution in [0.2, 0.25) is 0 Å². The average Bonchev–Trinajstić information content (AvgIpc) is 3.30. The summed E-state index contributed by atoms with van der Waals surface area (Å²) >= 11 is 0. The summed E-state index contributed by atoms with van der Waals surface area (Å²) in [7, 11) is 0. The lowest BCUT2D eigenvalue weighted by molar-refractivity contribution is -0.140. The van der Waals surface area contributed by atoms with Crippen molar-refractivity contribution in [3.63, 3.8) is 0 Å². The number of H-pyrrole nitrogens is 1. The number of hydrogen-bond acceptors (Lipinski definition) is 8. The van der Waals surface area contributed by atoms with Crippen molar-refractivity contribution in [1.82, 2.24) is 29.7 Å². The van der Waals surface area contributed by atoms with Gasteiger partial charge in [0.25, 0.3) is 0 Å². The molecule has 0 atom stereocenters. The maximum absolute atomic E-state index is 12.7. The largest absolute Gasteiger partial charge is 0.481 e. The molecule has 5 N–H and O–H groups in total. The second kappa shape index (κ2) is 16.8. The predicted octanol–water partition coefficient (Wildman–Crippen LogP) is 4.03. The minimum absolute atomic E-state index is 0.0436. The normalized spacial score (nSPS) is 14.1. The van der Waals surface area contributed by atoms with E-state index in [1.807, 2.05) is 13.8 Å². The van der Waals surface area contributed by atoms with E-state index < -0.39 is 5.97 Å². The summed E-state index contributed by atoms with van der Waals surface area (Å²) in [5.74, 6) is 0.0869. The topological polar surface area (TPSA) is 168 Å². The van der Waals surface area contributed by atoms with Crippen LogP contribution < -0.4 is 21.5 Å². The Bertz CT molecular complexity index is 1410. The van der Waals surface area contributed by atoms with E-state index in [0.717, 1.165) is 63.8 Å². The molecule has 2 aromatic heterocycles. The molecule has 1 aliphatic rings. The maximum Gasteiger partial charge on any atom is 0.328 e. The summed E-state index contributed by atoms with van der Waals surface area (Å²) in [5, 5.41) is 11.0. The minimum Gasteiger partial charge on any atom is -0.481 e. The van der Waals surface area contributed by atoms with Crippen LogP contribution in [0, 0.1) is 17.8 Å². The number of aliphatic carboxylic acids is 1. The van der Waals surface area contributed by atoms with E-state index in [-0.39, 0.29) is 35.3 Å². The van der Waals surface area contributed by atoms with Crippen molar-refractivity contribution in [2.75, 3.05) is 32.0 Å². The molecular weight excluding hydrogens is 562 g/mol. The highest BCUT2D eigenvalue weighted by atomic mass is 16.5. The summed E-state index contributed by atoms with van der Waals surface area (Å²) in [6, 6.07) is 8.58. The average molecular weight is 612 g/mol. The molecule has 0 unspecified atom stereocenters. The van der Waals surface area contributed by atoms with Gasteiger partial charge in [0, 0.05) is 19.0 Å². The van der Waals surface area contributed by atoms with E-state index in [9.17, 15) is 14.4 Å². The number of aromatic amines is 1. The van der Waals surface area contributed by atoms with Crippen LogP contribution in [0.25, 0.3) is 11.2 Å². The number of benzene rings is 1. The van der Waals surface area contributed by atoms with E-state index >= 15 is 0 Å². The number of piperidine rings is 1. The van der Waals surface area contributed by atoms with Crippen molar-refractivity contribution in [2.45, 2.75) is 79.8 Å². The maximum atomic E-state index is 12.7. The number of nitrogens with two attached hydrogens (primary N) is 1. The van der Waals surface area contributed by atoms with Gasteiger partial charge in [0.15, 0.2) is 11.5 Å². The Labute approximate surface area is 259 Å². The Kier molecular flexibility index (Phi) is 13.2. The number of fused-ring (bicyclic) bond motifs is 1. The van der Waals surface area contributed by atoms with Crippen LogP contribution in [0.4, 0.5) is 5.82 Å². The Balaban J connectivity index is 0.000000801. The van der Waals surface area contributed by atoms with Crippen molar-refractivity contribution >= 4 is 28.9 Å². The van der Waals surface area contributed by atoms with Crippen molar-refractivity contribution in [3.05, 3.63) is 45.9 Å². The highest BCUT2D eigenvalue weighted by molar-refractivity contribution is 5.82. The van der Waals surface area contributed by atoms with Gasteiger partial charge in [-0.2, -0.15) is 9.97 Å². The Morgan fingerprint density at radius 1 is 1.07 bits per heavy atom. The van der Waals surface area contributed by atoms with E-state index in [0.29, 0.717) is 30.2 Å². The van der Waals surface area contributed by atoms with Crippen molar-refractivity contribution in [2.24, 2.45) is 17.8 Å². The number of aromatic nitrogens is 4. The molecule has 3 heterocycles. The molecule has 4 rings (SSSR count). The molecule has 0 saturated carbocycles. The first kappa shape index (κ1) is 34.6. The van der Waals surface area contributed by atoms with Crippen LogP contribution in [0.5, 0.6) is 6.01 Å². The third kappa shape index (κ3) is 10.4. The number of likely N-dealkylation sites (tertiary alicyclic amines) is 1. The quantitative estimate of drug-likeness (QED) is 0.209. The number of carboxylic acid groups (broad SMARTS) is 1. The summed E-state index contributed by atoms with van der Waals surface area (Å²) in [6.45, 7) is 13.9. The molecule has 12 nitrogen and oxygen atoms in total. The molecule has 1 fully saturated rings. The molecule has 0 bridgehead atoms. The summed E-state index contributed by atoms with van der Waals surface area (Å²) in [5.41, 5.74) is 8.92. The first-order chi connectivity index (χ1) is 21.0. The number of carbonyl (C=O) groups is 2. The van der Waals surface area contributed by atoms with Gasteiger partial charge in [0.2, 0.25) is 5.91 Å². The van der Waals surface area contributed by atoms with Gasteiger partial charge in [0.05, 0.1) is 19.1 Å². The Morgan fingerprint density at radius 2 is 1.68 bits per heavy atom. The van der Waals surface area contributed by atoms with Crippen LogP contribution in [0.1, 0.15) is 77.8 Å². The number of unbranched alkanes of at least 4 members (excludes halogenated alkanes) is 1. The molecule has 0 aliphatic carbocycles. The number of amides is 1. The number of anilines is 1. The van der Waals surface area contributed by atoms with E-state index in [2.05, 4.69) is 56.4 Å². The number of hydrogen-bond donors (Lipinski definition) is 4. The Hall–Kier alpha value is -3.93. The van der Waals surface area contributed by atoms with Gasteiger partial charge in [-0.25, -0.2) is 4.79 Å². The Morgan fingerprint density at radius 3 is 2.25 bits per heavy atom. The van der Waals surface area contributed by atoms with Gasteiger partial charge in [-0.05, 0) is 55.8 Å². The van der Waals surface area contributed by atoms with Gasteiger partial charge >= 0.3 is 17.7 Å². The van der Waals surface area contributed by atoms with E-state index in [4.69, 9.17) is 15.6 Å². The SMILES string of the molecule is CC(C)C(=O)O.CCCCOc1nc(N)c2[nH]c(=O)n(Cc3ccc(CN4CCC(CCNC(=O)C(C)C)CC4)cc3)c2n1. The molecular formula is C32H49N7O5. The number of carboxylic acids is 1. The van der Waals surface area contributed by atoms with Crippen LogP contribution in [-0.4, -0.2) is 67.6 Å². The first-order valence-corrected chi connectivity index (χ1v) is 15.7. The lowest BCUT2D eigenvalue weighted by Crippen LogP contribution is -2.35. The van der Waals surface area contributed by atoms with Crippen LogP contribution in [-0.2, 0) is 22.7 Å². The number of ether oxygens (including phenoxy) is 1. The first-order valence-electron chi connectivity index (χ1n) is 15.7. The number of nitrogens with zero attached hydrogens (tertiary/aromatic N) is 4. The second-order valence-corrected chi connectivity index (χ2v) is 12.1. The summed E-state index contributed by atoms with van der Waals surface area (Å²) in [4.78, 5) is 48.0. The van der Waals surface area contributed by atoms with Crippen LogP contribution in [0.15, 0.2) is 29.1 Å². The molecule has 0 spiro atoms. The monoisotopic (exact) mass is 611 g/mol. The zero-order valence-electron chi connectivity index (χ0n) is 26.8. The minimum atomic E-state index is -0.741. The lowest BCUT2D eigenvalue weighted by atomic mass is 9.93. The molecule has 1 aromatic carbocycles. The van der Waals surface area contributed by atoms with Crippen LogP contribution >= 0.6 is 0 Å². The predicted molar refractivity (Wildman–Crippen MR) is 171 cm³/mol. The highest BCUT2D eigenvalue weighted by Crippen LogP contribution is 2.22. The summed E-state index contributed by atoms with van der Waals surface area (Å²) in [6.07, 6.45) is 5.27.